The van der Waals surface area contributed by atoms with E-state index in [1.165, 1.54) is 35.1 Å². The van der Waals surface area contributed by atoms with E-state index in [1.807, 2.05) is 36.4 Å². The minimum Gasteiger partial charge on any atom is -0.488 e. The number of nitrogens with zero attached hydrogens (tertiary/aromatic N) is 2. The molecule has 1 atom stereocenters. The molecule has 0 unspecified atom stereocenters. The molecule has 4 aromatic carbocycles. The fraction of sp³-hybridized carbons (Fsp3) is 0.118. The van der Waals surface area contributed by atoms with Crippen molar-refractivity contribution in [2.24, 2.45) is 4.99 Å². The highest BCUT2D eigenvalue weighted by molar-refractivity contribution is 7.07. The lowest BCUT2D eigenvalue weighted by Gasteiger charge is -2.30. The molecule has 1 aliphatic heterocycles. The molecular formula is C34H24F2N2O2S. The van der Waals surface area contributed by atoms with Gasteiger partial charge in [-0.15, -0.1) is 0 Å². The number of halogens is 2. The van der Waals surface area contributed by atoms with Crippen LogP contribution in [0.15, 0.2) is 112 Å². The normalized spacial score (nSPS) is 16.0. The first-order chi connectivity index (χ1) is 20.1. The summed E-state index contributed by atoms with van der Waals surface area (Å²) in [6.45, 7) is 0.0600. The van der Waals surface area contributed by atoms with Gasteiger partial charge in [-0.05, 0) is 59.9 Å². The molecule has 7 heteroatoms. The lowest BCUT2D eigenvalue weighted by Crippen LogP contribution is -2.38. The van der Waals surface area contributed by atoms with Gasteiger partial charge in [-0.1, -0.05) is 84.1 Å². The van der Waals surface area contributed by atoms with Gasteiger partial charge in [0.05, 0.1) is 16.3 Å². The van der Waals surface area contributed by atoms with Gasteiger partial charge in [0, 0.05) is 16.7 Å². The predicted molar refractivity (Wildman–Crippen MR) is 156 cm³/mol. The number of rotatable bonds is 5. The number of hydrogen-bond acceptors (Lipinski definition) is 4. The zero-order chi connectivity index (χ0) is 27.9. The average Bonchev–Trinajstić information content (AvgIpc) is 3.30. The second-order valence-electron chi connectivity index (χ2n) is 10.1. The number of allylic oxidation sites excluding steroid dienone is 1. The van der Waals surface area contributed by atoms with Crippen LogP contribution in [0.5, 0.6) is 5.75 Å². The molecule has 0 saturated carbocycles. The first kappa shape index (κ1) is 25.4. The number of ether oxygens (including phenoxy) is 1. The number of hydrogen-bond donors (Lipinski definition) is 0. The van der Waals surface area contributed by atoms with Crippen molar-refractivity contribution in [2.75, 3.05) is 0 Å². The average molecular weight is 563 g/mol. The van der Waals surface area contributed by atoms with E-state index in [4.69, 9.17) is 9.73 Å². The summed E-state index contributed by atoms with van der Waals surface area (Å²) < 4.78 is 36.8. The molecular weight excluding hydrogens is 538 g/mol. The van der Waals surface area contributed by atoms with Crippen LogP contribution in [0.2, 0.25) is 0 Å². The Morgan fingerprint density at radius 3 is 2.61 bits per heavy atom. The molecule has 2 aliphatic rings. The van der Waals surface area contributed by atoms with Crippen LogP contribution < -0.4 is 19.6 Å². The monoisotopic (exact) mass is 562 g/mol. The van der Waals surface area contributed by atoms with Gasteiger partial charge in [0.2, 0.25) is 0 Å². The molecule has 0 amide bonds. The highest BCUT2D eigenvalue weighted by atomic mass is 32.1. The van der Waals surface area contributed by atoms with Gasteiger partial charge in [0.1, 0.15) is 24.0 Å². The summed E-state index contributed by atoms with van der Waals surface area (Å²) in [6, 6.07) is 28.1. The maximum absolute atomic E-state index is 14.5. The molecule has 1 aliphatic carbocycles. The lowest BCUT2D eigenvalue weighted by atomic mass is 9.83. The standard InChI is InChI=1S/C34H24F2N2O2S/c35-25-12-7-11-23(18-25)32-27-17-16-21-8-1-4-13-26(21)31(27)37-34-38(32)33(39)30(41-34)19-22-9-3-6-15-29(22)40-20-24-10-2-5-14-28(24)36/h1-15,18-19,32H,16-17,20H2/b30-19+/t32-/m1/s1. The van der Waals surface area contributed by atoms with Crippen molar-refractivity contribution in [3.63, 3.8) is 0 Å². The summed E-state index contributed by atoms with van der Waals surface area (Å²) in [5.74, 6) is -0.140. The van der Waals surface area contributed by atoms with Crippen molar-refractivity contribution >= 4 is 23.1 Å². The second-order valence-corrected chi connectivity index (χ2v) is 11.1. The molecule has 0 bridgehead atoms. The van der Waals surface area contributed by atoms with Gasteiger partial charge < -0.3 is 4.74 Å². The topological polar surface area (TPSA) is 43.6 Å². The fourth-order valence-corrected chi connectivity index (χ4v) is 6.63. The quantitative estimate of drug-likeness (QED) is 0.257. The summed E-state index contributed by atoms with van der Waals surface area (Å²) in [7, 11) is 0. The van der Waals surface area contributed by atoms with Crippen LogP contribution in [0.25, 0.3) is 11.8 Å². The molecule has 4 nitrogen and oxygen atoms in total. The van der Waals surface area contributed by atoms with Gasteiger partial charge >= 0.3 is 0 Å². The van der Waals surface area contributed by atoms with E-state index < -0.39 is 6.04 Å². The number of para-hydroxylation sites is 1. The van der Waals surface area contributed by atoms with Crippen molar-refractivity contribution in [3.05, 3.63) is 162 Å². The molecule has 202 valence electrons. The van der Waals surface area contributed by atoms with Crippen LogP contribution in [0, 0.1) is 11.6 Å². The zero-order valence-electron chi connectivity index (χ0n) is 21.9. The third-order valence-corrected chi connectivity index (χ3v) is 8.57. The van der Waals surface area contributed by atoms with E-state index in [2.05, 4.69) is 12.1 Å². The van der Waals surface area contributed by atoms with Crippen molar-refractivity contribution in [2.45, 2.75) is 25.5 Å². The van der Waals surface area contributed by atoms with Crippen LogP contribution in [-0.2, 0) is 13.0 Å². The van der Waals surface area contributed by atoms with Crippen molar-refractivity contribution in [1.82, 2.24) is 4.57 Å². The highest BCUT2D eigenvalue weighted by Gasteiger charge is 2.32. The van der Waals surface area contributed by atoms with E-state index in [1.54, 1.807) is 41.0 Å². The summed E-state index contributed by atoms with van der Waals surface area (Å²) >= 11 is 1.30. The Morgan fingerprint density at radius 2 is 1.73 bits per heavy atom. The summed E-state index contributed by atoms with van der Waals surface area (Å²) in [5.41, 5.74) is 5.82. The van der Waals surface area contributed by atoms with E-state index in [0.29, 0.717) is 31.8 Å². The van der Waals surface area contributed by atoms with E-state index in [0.717, 1.165) is 29.7 Å². The number of fused-ring (bicyclic) bond motifs is 3. The third-order valence-electron chi connectivity index (χ3n) is 7.58. The predicted octanol–water partition coefficient (Wildman–Crippen LogP) is 6.18. The Balaban J connectivity index is 1.37. The number of benzene rings is 4. The van der Waals surface area contributed by atoms with Gasteiger partial charge in [0.15, 0.2) is 4.80 Å². The molecule has 5 aromatic rings. The molecule has 0 fully saturated rings. The smallest absolute Gasteiger partial charge is 0.271 e. The fourth-order valence-electron chi connectivity index (χ4n) is 5.64. The van der Waals surface area contributed by atoms with Gasteiger partial charge in [-0.2, -0.15) is 0 Å². The first-order valence-electron chi connectivity index (χ1n) is 13.4. The minimum atomic E-state index is -0.458. The number of aryl methyl sites for hydroxylation is 1. The van der Waals surface area contributed by atoms with Crippen LogP contribution in [0.1, 0.15) is 40.3 Å². The van der Waals surface area contributed by atoms with Crippen LogP contribution in [-0.4, -0.2) is 4.57 Å². The Morgan fingerprint density at radius 1 is 0.927 bits per heavy atom. The largest absolute Gasteiger partial charge is 0.488 e. The van der Waals surface area contributed by atoms with Crippen LogP contribution in [0.3, 0.4) is 0 Å². The van der Waals surface area contributed by atoms with Crippen molar-refractivity contribution in [3.8, 4) is 5.75 Å². The van der Waals surface area contributed by atoms with Crippen LogP contribution in [0.4, 0.5) is 8.78 Å². The van der Waals surface area contributed by atoms with Crippen molar-refractivity contribution < 1.29 is 13.5 Å². The highest BCUT2D eigenvalue weighted by Crippen LogP contribution is 2.41. The van der Waals surface area contributed by atoms with E-state index in [9.17, 15) is 13.6 Å². The Kier molecular flexibility index (Phi) is 6.44. The van der Waals surface area contributed by atoms with Gasteiger partial charge in [-0.3, -0.25) is 9.36 Å². The maximum Gasteiger partial charge on any atom is 0.271 e. The zero-order valence-corrected chi connectivity index (χ0v) is 22.7. The molecule has 41 heavy (non-hydrogen) atoms. The molecule has 0 N–H and O–H groups in total. The van der Waals surface area contributed by atoms with E-state index in [-0.39, 0.29) is 23.8 Å². The van der Waals surface area contributed by atoms with Gasteiger partial charge in [0.25, 0.3) is 5.56 Å². The summed E-state index contributed by atoms with van der Waals surface area (Å²) in [5, 5.41) is 0. The second kappa shape index (κ2) is 10.4. The molecule has 0 radical (unpaired) electrons. The Hall–Kier alpha value is -4.62. The molecule has 1 aromatic heterocycles. The molecule has 0 spiro atoms. The Bertz CT molecular complexity index is 2030. The lowest BCUT2D eigenvalue weighted by molar-refractivity contribution is 0.299. The third kappa shape index (κ3) is 4.62. The molecule has 2 heterocycles. The van der Waals surface area contributed by atoms with Gasteiger partial charge in [-0.25, -0.2) is 13.8 Å². The summed E-state index contributed by atoms with van der Waals surface area (Å²) in [6.07, 6.45) is 3.35. The SMILES string of the molecule is O=c1/c(=C\c2ccccc2OCc2ccccc2F)sc2n1[C@H](c1cccc(F)c1)C1=C(N=2)c2ccccc2CC1. The number of aromatic nitrogens is 1. The van der Waals surface area contributed by atoms with Crippen molar-refractivity contribution in [1.29, 1.82) is 0 Å². The number of thiazole rings is 1. The van der Waals surface area contributed by atoms with E-state index >= 15 is 0 Å². The Labute approximate surface area is 238 Å². The summed E-state index contributed by atoms with van der Waals surface area (Å²) in [4.78, 5) is 19.6. The molecule has 0 saturated heterocycles. The van der Waals surface area contributed by atoms with Crippen LogP contribution >= 0.6 is 11.3 Å². The first-order valence-corrected chi connectivity index (χ1v) is 14.2. The molecule has 7 rings (SSSR count). The minimum absolute atomic E-state index is 0.0600. The maximum atomic E-state index is 14.5.